The van der Waals surface area contributed by atoms with E-state index >= 15 is 0 Å². The van der Waals surface area contributed by atoms with Crippen molar-refractivity contribution in [2.45, 2.75) is 20.0 Å². The molecule has 36 heavy (non-hydrogen) atoms. The van der Waals surface area contributed by atoms with Crippen LogP contribution < -0.4 is 14.8 Å². The molecule has 0 atom stereocenters. The van der Waals surface area contributed by atoms with Gasteiger partial charge in [-0.05, 0) is 113 Å². The number of carbonyl (C=O) groups excluding carboxylic acids is 1. The summed E-state index contributed by atoms with van der Waals surface area (Å²) in [6, 6.07) is 17.8. The minimum atomic E-state index is -0.339. The van der Waals surface area contributed by atoms with E-state index in [2.05, 4.69) is 39.5 Å². The lowest BCUT2D eigenvalue weighted by atomic mass is 10.0. The summed E-state index contributed by atoms with van der Waals surface area (Å²) in [7, 11) is 0. The minimum absolute atomic E-state index is 0.247. The highest BCUT2D eigenvalue weighted by molar-refractivity contribution is 14.1. The number of halogens is 2. The zero-order valence-electron chi connectivity index (χ0n) is 19.6. The number of aliphatic imine (C=N–C) groups is 1. The molecule has 3 aromatic carbocycles. The smallest absolute Gasteiger partial charge is 0.264 e. The van der Waals surface area contributed by atoms with Crippen LogP contribution in [0.25, 0.3) is 6.08 Å². The summed E-state index contributed by atoms with van der Waals surface area (Å²) >= 11 is 3.50. The zero-order chi connectivity index (χ0) is 25.5. The topological polar surface area (TPSA) is 59.9 Å². The number of amidine groups is 1. The highest BCUT2D eigenvalue weighted by atomic mass is 127. The number of nitrogens with one attached hydrogen (secondary N) is 1. The molecule has 1 aliphatic rings. The van der Waals surface area contributed by atoms with Crippen molar-refractivity contribution in [2.75, 3.05) is 6.61 Å². The maximum Gasteiger partial charge on any atom is 0.264 e. The molecule has 4 rings (SSSR count). The van der Waals surface area contributed by atoms with Gasteiger partial charge in [0.15, 0.2) is 16.7 Å². The van der Waals surface area contributed by atoms with E-state index in [0.717, 1.165) is 20.3 Å². The van der Waals surface area contributed by atoms with Crippen LogP contribution in [0.3, 0.4) is 0 Å². The van der Waals surface area contributed by atoms with Crippen LogP contribution in [0, 0.1) is 9.39 Å². The third-order valence-electron chi connectivity index (χ3n) is 5.12. The van der Waals surface area contributed by atoms with E-state index in [-0.39, 0.29) is 11.7 Å². The molecule has 0 radical (unpaired) electrons. The van der Waals surface area contributed by atoms with Gasteiger partial charge in [0.2, 0.25) is 0 Å². The number of nitrogens with zero attached hydrogens (tertiary/aromatic N) is 1. The summed E-state index contributed by atoms with van der Waals surface area (Å²) in [6.07, 6.45) is 4.19. The highest BCUT2D eigenvalue weighted by Crippen LogP contribution is 2.37. The van der Waals surface area contributed by atoms with Crippen molar-refractivity contribution in [3.8, 4) is 11.5 Å². The van der Waals surface area contributed by atoms with Crippen molar-refractivity contribution in [3.05, 3.63) is 104 Å². The number of benzene rings is 3. The van der Waals surface area contributed by atoms with Gasteiger partial charge in [0.1, 0.15) is 12.4 Å². The van der Waals surface area contributed by atoms with E-state index in [1.165, 1.54) is 23.9 Å². The molecule has 0 unspecified atom stereocenters. The summed E-state index contributed by atoms with van der Waals surface area (Å²) in [5.74, 6) is 0.689. The first-order chi connectivity index (χ1) is 17.4. The predicted molar refractivity (Wildman–Crippen MR) is 152 cm³/mol. The van der Waals surface area contributed by atoms with Crippen molar-refractivity contribution in [2.24, 2.45) is 4.99 Å². The summed E-state index contributed by atoms with van der Waals surface area (Å²) in [4.78, 5) is 17.5. The number of rotatable bonds is 9. The van der Waals surface area contributed by atoms with Crippen LogP contribution in [-0.2, 0) is 17.8 Å². The molecule has 3 aromatic rings. The van der Waals surface area contributed by atoms with Crippen molar-refractivity contribution in [1.29, 1.82) is 0 Å². The summed E-state index contributed by atoms with van der Waals surface area (Å²) < 4.78 is 26.5. The Hall–Kier alpha value is -3.11. The Morgan fingerprint density at radius 1 is 1.11 bits per heavy atom. The average molecular weight is 614 g/mol. The quantitative estimate of drug-likeness (QED) is 0.160. The van der Waals surface area contributed by atoms with Gasteiger partial charge in [0, 0.05) is 9.13 Å². The van der Waals surface area contributed by atoms with Crippen molar-refractivity contribution in [1.82, 2.24) is 5.32 Å². The van der Waals surface area contributed by atoms with E-state index in [4.69, 9.17) is 9.47 Å². The third kappa shape index (κ3) is 6.76. The molecule has 1 aliphatic heterocycles. The van der Waals surface area contributed by atoms with Crippen LogP contribution in [0.4, 0.5) is 10.1 Å². The Morgan fingerprint density at radius 2 is 1.86 bits per heavy atom. The Morgan fingerprint density at radius 3 is 2.56 bits per heavy atom. The normalized spacial score (nSPS) is 15.2. The number of amides is 1. The molecule has 0 spiro atoms. The maximum atomic E-state index is 13.2. The van der Waals surface area contributed by atoms with Gasteiger partial charge in [-0.25, -0.2) is 9.38 Å². The van der Waals surface area contributed by atoms with E-state index in [9.17, 15) is 9.18 Å². The third-order valence-corrected chi connectivity index (χ3v) is 6.75. The van der Waals surface area contributed by atoms with Gasteiger partial charge in [-0.2, -0.15) is 0 Å². The molecule has 184 valence electrons. The number of thioether (sulfide) groups is 1. The van der Waals surface area contributed by atoms with Crippen LogP contribution in [-0.4, -0.2) is 17.7 Å². The molecule has 0 aliphatic carbocycles. The molecule has 0 saturated carbocycles. The molecule has 1 saturated heterocycles. The lowest BCUT2D eigenvalue weighted by Crippen LogP contribution is -2.19. The standard InChI is InChI=1S/C28H24FIN2O3S/c1-3-5-20-14-19(15-24(34-4-2)26(20)35-17-18-6-10-22(30)11-7-18)16-25-27(33)32-28(36-25)31-23-12-8-21(29)9-13-23/h3,6-16H,1,4-5,17H2,2H3,(H,31,32,33)/b25-16+. The van der Waals surface area contributed by atoms with Gasteiger partial charge in [0.25, 0.3) is 5.91 Å². The van der Waals surface area contributed by atoms with Crippen molar-refractivity contribution in [3.63, 3.8) is 0 Å². The zero-order valence-corrected chi connectivity index (χ0v) is 22.6. The largest absolute Gasteiger partial charge is 0.490 e. The molecule has 0 bridgehead atoms. The number of hydrogen-bond donors (Lipinski definition) is 1. The molecular formula is C28H24FIN2O3S. The average Bonchev–Trinajstić information content (AvgIpc) is 3.19. The molecular weight excluding hydrogens is 590 g/mol. The van der Waals surface area contributed by atoms with Gasteiger partial charge in [-0.3, -0.25) is 4.79 Å². The molecule has 1 amide bonds. The lowest BCUT2D eigenvalue weighted by Gasteiger charge is -2.17. The Balaban J connectivity index is 1.61. The van der Waals surface area contributed by atoms with Gasteiger partial charge >= 0.3 is 0 Å². The Kier molecular flexibility index (Phi) is 8.82. The first-order valence-corrected chi connectivity index (χ1v) is 13.2. The number of allylic oxidation sites excluding steroid dienone is 1. The van der Waals surface area contributed by atoms with E-state index in [1.54, 1.807) is 18.2 Å². The first kappa shape index (κ1) is 26.0. The highest BCUT2D eigenvalue weighted by Gasteiger charge is 2.24. The van der Waals surface area contributed by atoms with Crippen LogP contribution in [0.5, 0.6) is 11.5 Å². The lowest BCUT2D eigenvalue weighted by molar-refractivity contribution is -0.115. The second-order valence-electron chi connectivity index (χ2n) is 7.81. The van der Waals surface area contributed by atoms with E-state index < -0.39 is 0 Å². The van der Waals surface area contributed by atoms with Gasteiger partial charge in [0.05, 0.1) is 17.2 Å². The predicted octanol–water partition coefficient (Wildman–Crippen LogP) is 7.03. The Bertz CT molecular complexity index is 1320. The van der Waals surface area contributed by atoms with Crippen molar-refractivity contribution >= 4 is 57.2 Å². The molecule has 8 heteroatoms. The summed E-state index contributed by atoms with van der Waals surface area (Å²) in [6.45, 7) is 6.67. The second kappa shape index (κ2) is 12.2. The van der Waals surface area contributed by atoms with Crippen molar-refractivity contribution < 1.29 is 18.7 Å². The SMILES string of the molecule is C=CCc1cc(/C=C2/SC(=Nc3ccc(F)cc3)NC2=O)cc(OCC)c1OCc1ccc(I)cc1. The van der Waals surface area contributed by atoms with E-state index in [1.807, 2.05) is 49.4 Å². The van der Waals surface area contributed by atoms with Gasteiger partial charge < -0.3 is 14.8 Å². The van der Waals surface area contributed by atoms with E-state index in [0.29, 0.717) is 46.9 Å². The number of carbonyl (C=O) groups is 1. The summed E-state index contributed by atoms with van der Waals surface area (Å²) in [5, 5.41) is 3.20. The van der Waals surface area contributed by atoms with Crippen LogP contribution >= 0.6 is 34.4 Å². The fourth-order valence-electron chi connectivity index (χ4n) is 3.50. The number of hydrogen-bond acceptors (Lipinski definition) is 5. The second-order valence-corrected chi connectivity index (χ2v) is 10.1. The molecule has 5 nitrogen and oxygen atoms in total. The van der Waals surface area contributed by atoms with Crippen LogP contribution in [0.15, 0.2) is 83.2 Å². The van der Waals surface area contributed by atoms with Crippen LogP contribution in [0.1, 0.15) is 23.6 Å². The first-order valence-electron chi connectivity index (χ1n) is 11.3. The molecule has 1 fully saturated rings. The Labute approximate surface area is 227 Å². The summed E-state index contributed by atoms with van der Waals surface area (Å²) in [5.41, 5.74) is 3.33. The minimum Gasteiger partial charge on any atom is -0.490 e. The molecule has 1 N–H and O–H groups in total. The monoisotopic (exact) mass is 614 g/mol. The van der Waals surface area contributed by atoms with Gasteiger partial charge in [-0.15, -0.1) is 6.58 Å². The fourth-order valence-corrected chi connectivity index (χ4v) is 4.70. The fraction of sp³-hybridized carbons (Fsp3) is 0.143. The molecule has 0 aromatic heterocycles. The molecule has 1 heterocycles. The van der Waals surface area contributed by atoms with Gasteiger partial charge in [-0.1, -0.05) is 18.2 Å². The van der Waals surface area contributed by atoms with Crippen LogP contribution in [0.2, 0.25) is 0 Å². The maximum absolute atomic E-state index is 13.2. The number of ether oxygens (including phenoxy) is 2.